The van der Waals surface area contributed by atoms with Gasteiger partial charge in [0, 0.05) is 74.7 Å². The summed E-state index contributed by atoms with van der Waals surface area (Å²) in [6, 6.07) is 7.41. The average molecular weight is 1620 g/mol. The van der Waals surface area contributed by atoms with Gasteiger partial charge in [0.15, 0.2) is 0 Å². The predicted octanol–water partition coefficient (Wildman–Crippen LogP) is 5.75. The van der Waals surface area contributed by atoms with E-state index in [-0.39, 0.29) is 176 Å². The number of benzene rings is 2. The molecule has 35 heteroatoms. The van der Waals surface area contributed by atoms with Gasteiger partial charge >= 0.3 is 18.2 Å². The monoisotopic (exact) mass is 1620 g/mol. The van der Waals surface area contributed by atoms with Gasteiger partial charge in [-0.05, 0) is 131 Å². The number of hydrogen-bond acceptors (Lipinski definition) is 23. The Balaban J connectivity index is 0.970. The Hall–Kier alpha value is -9.13. The van der Waals surface area contributed by atoms with E-state index < -0.39 is 90.0 Å². The molecule has 0 radical (unpaired) electrons. The number of primary amides is 1. The third-order valence-corrected chi connectivity index (χ3v) is 20.6. The number of phenolic OH excluding ortho intramolecular Hbond substituents is 1. The van der Waals surface area contributed by atoms with Gasteiger partial charge in [-0.15, -0.1) is 11.3 Å². The number of likely N-dealkylation sites (tertiary alicyclic amines) is 2. The molecule has 0 bridgehead atoms. The fourth-order valence-corrected chi connectivity index (χ4v) is 13.8. The number of amides is 13. The summed E-state index contributed by atoms with van der Waals surface area (Å²) in [4.78, 5) is 167. The Labute approximate surface area is 673 Å². The van der Waals surface area contributed by atoms with Crippen LogP contribution in [-0.4, -0.2) is 231 Å². The number of alkyl carbamates (subject to hydrolysis) is 1. The maximum atomic E-state index is 14.9. The van der Waals surface area contributed by atoms with Crippen LogP contribution in [0.4, 0.5) is 20.1 Å². The van der Waals surface area contributed by atoms with Crippen molar-refractivity contribution in [2.45, 2.75) is 220 Å². The maximum absolute atomic E-state index is 14.9. The van der Waals surface area contributed by atoms with E-state index in [1.54, 1.807) is 62.5 Å². The summed E-state index contributed by atoms with van der Waals surface area (Å²) in [6.07, 6.45) is 5.37. The second-order valence-corrected chi connectivity index (χ2v) is 30.5. The fourth-order valence-electron chi connectivity index (χ4n) is 13.0. The molecule has 2 fully saturated rings. The Morgan fingerprint density at radius 2 is 1.38 bits per heavy atom. The van der Waals surface area contributed by atoms with Gasteiger partial charge in [-0.1, -0.05) is 106 Å². The van der Waals surface area contributed by atoms with Crippen LogP contribution in [0, 0.1) is 23.7 Å². The van der Waals surface area contributed by atoms with Crippen molar-refractivity contribution in [3.8, 4) is 5.75 Å². The molecule has 10 atom stereocenters. The minimum atomic E-state index is -1.08. The number of anilines is 1. The largest absolute Gasteiger partial charge is 0.508 e. The zero-order chi connectivity index (χ0) is 83.7. The van der Waals surface area contributed by atoms with E-state index in [1.807, 2.05) is 39.6 Å². The third-order valence-electron chi connectivity index (χ3n) is 19.6. The van der Waals surface area contributed by atoms with Gasteiger partial charge in [-0.2, -0.15) is 0 Å². The summed E-state index contributed by atoms with van der Waals surface area (Å²) in [7, 11) is 1.96. The number of rotatable bonds is 52. The van der Waals surface area contributed by atoms with E-state index in [9.17, 15) is 62.6 Å². The molecular weight excluding hydrogens is 1500 g/mol. The molecule has 1 aromatic heterocycles. The molecule has 34 nitrogen and oxygen atoms in total. The molecule has 5 rings (SSSR count). The van der Waals surface area contributed by atoms with Gasteiger partial charge < -0.3 is 87.1 Å². The number of unbranched alkanes of at least 4 members (excludes halogenated alkanes) is 2. The predicted molar refractivity (Wildman–Crippen MR) is 426 cm³/mol. The first-order valence-corrected chi connectivity index (χ1v) is 40.9. The average Bonchev–Trinajstić information content (AvgIpc) is 1.34. The number of phenols is 1. The van der Waals surface area contributed by atoms with E-state index in [0.29, 0.717) is 67.9 Å². The quantitative estimate of drug-likeness (QED) is 0.0182. The Kier molecular flexibility index (Phi) is 43.3. The van der Waals surface area contributed by atoms with Crippen LogP contribution in [-0.2, 0) is 79.8 Å². The number of carbonyl (C=O) groups is 12. The Bertz CT molecular complexity index is 3520. The number of ether oxygens (including phenoxy) is 6. The Morgan fingerprint density at radius 1 is 0.693 bits per heavy atom. The molecule has 2 aromatic carbocycles. The molecule has 1 unspecified atom stereocenters. The molecule has 114 heavy (non-hydrogen) atoms. The third kappa shape index (κ3) is 34.1. The lowest BCUT2D eigenvalue weighted by atomic mass is 9.92. The summed E-state index contributed by atoms with van der Waals surface area (Å²) >= 11 is 1.28. The molecule has 2 aliphatic heterocycles. The molecule has 3 aromatic rings. The normalized spacial score (nSPS) is 16.4. The molecule has 0 saturated carbocycles. The van der Waals surface area contributed by atoms with E-state index in [4.69, 9.17) is 44.9 Å². The molecule has 2 aliphatic rings. The summed E-state index contributed by atoms with van der Waals surface area (Å²) in [5.41, 5.74) is 17.4. The van der Waals surface area contributed by atoms with E-state index in [1.165, 1.54) is 23.5 Å². The molecular formula is C79H125N15O19S. The zero-order valence-corrected chi connectivity index (χ0v) is 68.8. The Morgan fingerprint density at radius 3 is 2.01 bits per heavy atom. The first-order valence-electron chi connectivity index (χ1n) is 40.0. The van der Waals surface area contributed by atoms with Gasteiger partial charge in [0.2, 0.25) is 47.3 Å². The van der Waals surface area contributed by atoms with E-state index >= 15 is 0 Å². The fraction of sp³-hybridized carbons (Fsp3) is 0.658. The maximum Gasteiger partial charge on any atom is 0.426 e. The molecule has 0 spiro atoms. The number of carbonyl (C=O) groups excluding carboxylic acids is 12. The number of hydrogen-bond donors (Lipinski definition) is 12. The molecule has 13 amide bonds. The van der Waals surface area contributed by atoms with Crippen LogP contribution < -0.4 is 59.5 Å². The number of nitrogens with two attached hydrogens (primary N) is 2. The van der Waals surface area contributed by atoms with Gasteiger partial charge in [-0.25, -0.2) is 24.8 Å². The first-order chi connectivity index (χ1) is 54.5. The lowest BCUT2D eigenvalue weighted by Crippen LogP contribution is -2.58. The highest BCUT2D eigenvalue weighted by Gasteiger charge is 2.40. The van der Waals surface area contributed by atoms with Crippen molar-refractivity contribution >= 4 is 88.4 Å². The first kappa shape index (κ1) is 95.5. The number of thiazole rings is 1. The highest BCUT2D eigenvalue weighted by atomic mass is 32.1. The highest BCUT2D eigenvalue weighted by molar-refractivity contribution is 7.09. The highest BCUT2D eigenvalue weighted by Crippen LogP contribution is 2.33. The topological polar surface area (TPSA) is 463 Å². The SMILES string of the molecule is CCCO[C@H](C[C@H](C(C)C)N(CCC)C(=O)[C@@H](NC(=O)[C@H]1CCCCN1C)[C@@H](C)CC)c1nc(C(=O)N[C@@H](Cc2ccc(O)cc2)C[C@H](C)C(=O)NNC(=O)OCCOCCOCCOCCNC(=O)OCc2ccc(NC(=O)[C@H](CCCNC(N)=O)NC(=O)[C@@H](NC(=O)CCCCCN3C(=O)CC(N)C3=O)C(C)C)cc2)cs1. The lowest BCUT2D eigenvalue weighted by Gasteiger charge is -2.40. The number of aromatic nitrogens is 1. The number of urea groups is 1. The standard InChI is InChI=1S/C79H125N15O19S/c1-11-33-93(76(104)68(52(8)13-3)89-72(101)62-21-16-18-34-92(62)10)63(50(4)5)47-64(111-36-12-2)74-87-61(49-114-74)71(100)85-57(45-54-25-29-58(95)30-26-54)44-53(9)69(98)90-91-79(107)112-43-42-110-41-40-109-39-38-108-37-32-83-78(106)113-48-55-23-27-56(28-24-55)84-70(99)60(20-19-31-82-77(81)105)86-73(102)67(51(6)7)88-65(96)22-15-14-17-35-94-66(97)46-59(80)75(94)103/h23-30,49-53,57,59-60,62-64,67-68,95H,11-22,31-48,80H2,1-10H3,(H,83,106)(H,84,99)(H,85,100)(H,86,102)(H,88,96)(H,89,101)(H,90,98)(H,91,107)(H3,81,82,105)/t52-,53-,57+,59?,60-,62+,63+,64+,67-,68-/m0/s1. The van der Waals surface area contributed by atoms with Crippen molar-refractivity contribution in [2.24, 2.45) is 35.1 Å². The summed E-state index contributed by atoms with van der Waals surface area (Å²) in [5, 5.41) is 31.8. The van der Waals surface area contributed by atoms with Crippen LogP contribution in [0.15, 0.2) is 53.9 Å². The number of nitrogens with zero attached hydrogens (tertiary/aromatic N) is 4. The van der Waals surface area contributed by atoms with Gasteiger partial charge in [0.25, 0.3) is 5.91 Å². The van der Waals surface area contributed by atoms with Gasteiger partial charge in [-0.3, -0.25) is 58.4 Å². The van der Waals surface area contributed by atoms with Crippen LogP contribution in [0.1, 0.15) is 191 Å². The molecule has 3 heterocycles. The van der Waals surface area contributed by atoms with Crippen molar-refractivity contribution in [1.82, 2.24) is 62.4 Å². The molecule has 0 aliphatic carbocycles. The van der Waals surface area contributed by atoms with Gasteiger partial charge in [0.05, 0.1) is 58.1 Å². The number of imide groups is 1. The van der Waals surface area contributed by atoms with Crippen molar-refractivity contribution in [3.63, 3.8) is 0 Å². The summed E-state index contributed by atoms with van der Waals surface area (Å²) in [6.45, 7) is 20.3. The van der Waals surface area contributed by atoms with E-state index in [0.717, 1.165) is 42.7 Å². The summed E-state index contributed by atoms with van der Waals surface area (Å²) in [5.74, 6) is -4.72. The smallest absolute Gasteiger partial charge is 0.426 e. The number of hydrazine groups is 1. The number of piperidine rings is 1. The van der Waals surface area contributed by atoms with Crippen LogP contribution >= 0.6 is 11.3 Å². The number of aromatic hydroxyl groups is 1. The molecule has 636 valence electrons. The van der Waals surface area contributed by atoms with E-state index in [2.05, 4.69) is 66.8 Å². The van der Waals surface area contributed by atoms with Crippen molar-refractivity contribution in [1.29, 1.82) is 0 Å². The second kappa shape index (κ2) is 51.7. The molecule has 2 saturated heterocycles. The van der Waals surface area contributed by atoms with Crippen LogP contribution in [0.25, 0.3) is 0 Å². The van der Waals surface area contributed by atoms with Crippen molar-refractivity contribution in [2.75, 3.05) is 97.9 Å². The summed E-state index contributed by atoms with van der Waals surface area (Å²) < 4.78 is 33.5. The minimum absolute atomic E-state index is 0.00784. The minimum Gasteiger partial charge on any atom is -0.508 e. The van der Waals surface area contributed by atoms with Crippen LogP contribution in [0.5, 0.6) is 5.75 Å². The lowest BCUT2D eigenvalue weighted by molar-refractivity contribution is -0.143. The van der Waals surface area contributed by atoms with Crippen LogP contribution in [0.2, 0.25) is 0 Å². The van der Waals surface area contributed by atoms with Crippen LogP contribution in [0.3, 0.4) is 0 Å². The van der Waals surface area contributed by atoms with Crippen molar-refractivity contribution in [3.05, 3.63) is 75.7 Å². The van der Waals surface area contributed by atoms with Crippen molar-refractivity contribution < 1.29 is 91.1 Å². The second-order valence-electron chi connectivity index (χ2n) is 29.6. The zero-order valence-electron chi connectivity index (χ0n) is 68.0. The molecule has 14 N–H and O–H groups in total. The van der Waals surface area contributed by atoms with Gasteiger partial charge in [0.1, 0.15) is 53.9 Å². The number of likely N-dealkylation sites (N-methyl/N-ethyl adjacent to an activating group) is 1. The number of nitrogens with one attached hydrogen (secondary N) is 9.